The molecule has 0 spiro atoms. The fourth-order valence-corrected chi connectivity index (χ4v) is 3.25. The van der Waals surface area contributed by atoms with E-state index < -0.39 is 0 Å². The number of carbonyl (C=O) groups excluding carboxylic acids is 1. The molecule has 0 saturated heterocycles. The third kappa shape index (κ3) is 4.23. The van der Waals surface area contributed by atoms with Crippen molar-refractivity contribution >= 4 is 21.8 Å². The number of amides is 1. The molecule has 1 amide bonds. The van der Waals surface area contributed by atoms with Crippen molar-refractivity contribution in [1.82, 2.24) is 5.32 Å². The predicted molar refractivity (Wildman–Crippen MR) is 83.9 cm³/mol. The Morgan fingerprint density at radius 3 is 2.85 bits per heavy atom. The molecule has 1 aliphatic rings. The zero-order chi connectivity index (χ0) is 14.5. The number of carbonyl (C=O) groups is 1. The lowest BCUT2D eigenvalue weighted by atomic mass is 9.86. The van der Waals surface area contributed by atoms with E-state index in [1.807, 2.05) is 25.1 Å². The second kappa shape index (κ2) is 7.11. The van der Waals surface area contributed by atoms with Crippen LogP contribution in [0.15, 0.2) is 22.7 Å². The first-order valence-electron chi connectivity index (χ1n) is 7.24. The van der Waals surface area contributed by atoms with Crippen molar-refractivity contribution in [2.75, 3.05) is 6.61 Å². The van der Waals surface area contributed by atoms with Gasteiger partial charge in [0.05, 0.1) is 4.47 Å². The zero-order valence-electron chi connectivity index (χ0n) is 12.1. The largest absolute Gasteiger partial charge is 0.483 e. The Morgan fingerprint density at radius 1 is 1.40 bits per heavy atom. The molecule has 0 aliphatic heterocycles. The molecule has 4 heteroatoms. The zero-order valence-corrected chi connectivity index (χ0v) is 13.7. The third-order valence-electron chi connectivity index (χ3n) is 3.90. The Labute approximate surface area is 129 Å². The number of rotatable bonds is 4. The minimum atomic E-state index is -0.0313. The fourth-order valence-electron chi connectivity index (χ4n) is 2.65. The minimum Gasteiger partial charge on any atom is -0.483 e. The van der Waals surface area contributed by atoms with E-state index in [-0.39, 0.29) is 12.5 Å². The summed E-state index contributed by atoms with van der Waals surface area (Å²) in [4.78, 5) is 12.0. The summed E-state index contributed by atoms with van der Waals surface area (Å²) in [6, 6.07) is 6.15. The highest BCUT2D eigenvalue weighted by atomic mass is 79.9. The van der Waals surface area contributed by atoms with Crippen molar-refractivity contribution in [1.29, 1.82) is 0 Å². The van der Waals surface area contributed by atoms with Gasteiger partial charge in [-0.25, -0.2) is 0 Å². The van der Waals surface area contributed by atoms with Gasteiger partial charge in [-0.05, 0) is 59.3 Å². The van der Waals surface area contributed by atoms with E-state index in [0.29, 0.717) is 17.7 Å². The van der Waals surface area contributed by atoms with E-state index in [0.717, 1.165) is 16.5 Å². The fraction of sp³-hybridized carbons (Fsp3) is 0.562. The van der Waals surface area contributed by atoms with Crippen LogP contribution in [0.25, 0.3) is 0 Å². The molecule has 3 nitrogen and oxygen atoms in total. The second-order valence-corrected chi connectivity index (χ2v) is 6.51. The molecule has 1 saturated carbocycles. The topological polar surface area (TPSA) is 38.3 Å². The highest BCUT2D eigenvalue weighted by molar-refractivity contribution is 9.10. The summed E-state index contributed by atoms with van der Waals surface area (Å²) in [5.74, 6) is 1.25. The van der Waals surface area contributed by atoms with Crippen molar-refractivity contribution in [2.45, 2.75) is 45.6 Å². The van der Waals surface area contributed by atoms with Gasteiger partial charge in [-0.3, -0.25) is 4.79 Å². The first-order chi connectivity index (χ1) is 9.56. The molecule has 0 heterocycles. The second-order valence-electron chi connectivity index (χ2n) is 5.66. The summed E-state index contributed by atoms with van der Waals surface area (Å²) in [5, 5.41) is 3.09. The lowest BCUT2D eigenvalue weighted by molar-refractivity contribution is -0.124. The number of benzene rings is 1. The third-order valence-corrected chi connectivity index (χ3v) is 4.52. The Hall–Kier alpha value is -1.03. The Morgan fingerprint density at radius 2 is 2.15 bits per heavy atom. The maximum Gasteiger partial charge on any atom is 0.258 e. The maximum absolute atomic E-state index is 12.0. The summed E-state index contributed by atoms with van der Waals surface area (Å²) < 4.78 is 6.46. The number of hydrogen-bond donors (Lipinski definition) is 1. The predicted octanol–water partition coefficient (Wildman–Crippen LogP) is 3.83. The van der Waals surface area contributed by atoms with Gasteiger partial charge in [-0.1, -0.05) is 25.8 Å². The molecule has 1 aliphatic carbocycles. The normalized spacial score (nSPS) is 22.4. The molecule has 1 aromatic rings. The molecular formula is C16H22BrNO2. The van der Waals surface area contributed by atoms with Crippen LogP contribution in [0.2, 0.25) is 0 Å². The Balaban J connectivity index is 1.82. The van der Waals surface area contributed by atoms with Crippen LogP contribution in [0, 0.1) is 12.8 Å². The van der Waals surface area contributed by atoms with E-state index in [2.05, 4.69) is 28.2 Å². The average molecular weight is 340 g/mol. The van der Waals surface area contributed by atoms with Crippen LogP contribution >= 0.6 is 15.9 Å². The van der Waals surface area contributed by atoms with Gasteiger partial charge in [0.2, 0.25) is 0 Å². The minimum absolute atomic E-state index is 0.0313. The van der Waals surface area contributed by atoms with E-state index in [9.17, 15) is 4.79 Å². The van der Waals surface area contributed by atoms with E-state index >= 15 is 0 Å². The molecule has 0 aromatic heterocycles. The SMILES string of the molecule is Cc1ccc(OCC(=O)N[C@H]2CCCC[C@@H]2C)c(Br)c1. The first-order valence-corrected chi connectivity index (χ1v) is 8.04. The van der Waals surface area contributed by atoms with Gasteiger partial charge in [-0.15, -0.1) is 0 Å². The highest BCUT2D eigenvalue weighted by Gasteiger charge is 2.22. The molecule has 2 atom stereocenters. The summed E-state index contributed by atoms with van der Waals surface area (Å²) in [7, 11) is 0. The van der Waals surface area contributed by atoms with Crippen molar-refractivity contribution in [3.63, 3.8) is 0 Å². The van der Waals surface area contributed by atoms with Crippen LogP contribution in [0.4, 0.5) is 0 Å². The van der Waals surface area contributed by atoms with Gasteiger partial charge >= 0.3 is 0 Å². The van der Waals surface area contributed by atoms with Crippen LogP contribution in [-0.2, 0) is 4.79 Å². The average Bonchev–Trinajstić information content (AvgIpc) is 2.40. The Kier molecular flexibility index (Phi) is 5.46. The molecular weight excluding hydrogens is 318 g/mol. The van der Waals surface area contributed by atoms with Gasteiger partial charge in [0.25, 0.3) is 5.91 Å². The number of halogens is 1. The monoisotopic (exact) mass is 339 g/mol. The van der Waals surface area contributed by atoms with Crippen LogP contribution in [0.3, 0.4) is 0 Å². The molecule has 0 unspecified atom stereocenters. The van der Waals surface area contributed by atoms with E-state index in [1.165, 1.54) is 19.3 Å². The van der Waals surface area contributed by atoms with Crippen LogP contribution in [-0.4, -0.2) is 18.6 Å². The van der Waals surface area contributed by atoms with Crippen LogP contribution in [0.1, 0.15) is 38.2 Å². The van der Waals surface area contributed by atoms with E-state index in [4.69, 9.17) is 4.74 Å². The Bertz CT molecular complexity index is 476. The molecule has 0 radical (unpaired) electrons. The molecule has 110 valence electrons. The highest BCUT2D eigenvalue weighted by Crippen LogP contribution is 2.26. The number of nitrogens with one attached hydrogen (secondary N) is 1. The van der Waals surface area contributed by atoms with Crippen molar-refractivity contribution < 1.29 is 9.53 Å². The summed E-state index contributed by atoms with van der Waals surface area (Å²) in [6.07, 6.45) is 4.77. The lowest BCUT2D eigenvalue weighted by Crippen LogP contribution is -2.43. The first kappa shape index (κ1) is 15.4. The number of hydrogen-bond acceptors (Lipinski definition) is 2. The maximum atomic E-state index is 12.0. The summed E-state index contributed by atoms with van der Waals surface area (Å²) in [6.45, 7) is 4.30. The van der Waals surface area contributed by atoms with Crippen LogP contribution < -0.4 is 10.1 Å². The van der Waals surface area contributed by atoms with E-state index in [1.54, 1.807) is 0 Å². The van der Waals surface area contributed by atoms with Gasteiger partial charge in [0.1, 0.15) is 5.75 Å². The molecule has 20 heavy (non-hydrogen) atoms. The number of aryl methyl sites for hydroxylation is 1. The van der Waals surface area contributed by atoms with Gasteiger partial charge in [0.15, 0.2) is 6.61 Å². The quantitative estimate of drug-likeness (QED) is 0.905. The smallest absolute Gasteiger partial charge is 0.258 e. The summed E-state index contributed by atoms with van der Waals surface area (Å²) in [5.41, 5.74) is 1.16. The van der Waals surface area contributed by atoms with Crippen molar-refractivity contribution in [2.24, 2.45) is 5.92 Å². The molecule has 1 fully saturated rings. The lowest BCUT2D eigenvalue weighted by Gasteiger charge is -2.29. The standard InChI is InChI=1S/C16H22BrNO2/c1-11-7-8-15(13(17)9-11)20-10-16(19)18-14-6-4-3-5-12(14)2/h7-9,12,14H,3-6,10H2,1-2H3,(H,18,19)/t12-,14-/m0/s1. The van der Waals surface area contributed by atoms with Crippen LogP contribution in [0.5, 0.6) is 5.75 Å². The summed E-state index contributed by atoms with van der Waals surface area (Å²) >= 11 is 3.45. The molecule has 1 N–H and O–H groups in total. The number of ether oxygens (including phenoxy) is 1. The van der Waals surface area contributed by atoms with Gasteiger partial charge in [-0.2, -0.15) is 0 Å². The molecule has 0 bridgehead atoms. The van der Waals surface area contributed by atoms with Gasteiger partial charge < -0.3 is 10.1 Å². The van der Waals surface area contributed by atoms with Gasteiger partial charge in [0, 0.05) is 6.04 Å². The molecule has 1 aromatic carbocycles. The van der Waals surface area contributed by atoms with Crippen molar-refractivity contribution in [3.8, 4) is 5.75 Å². The van der Waals surface area contributed by atoms with Crippen molar-refractivity contribution in [3.05, 3.63) is 28.2 Å². The molecule has 2 rings (SSSR count).